The fourth-order valence-electron chi connectivity index (χ4n) is 4.24. The zero-order valence-electron chi connectivity index (χ0n) is 19.8. The molecule has 1 aromatic heterocycles. The average Bonchev–Trinajstić information content (AvgIpc) is 2.88. The number of ketones is 1. The summed E-state index contributed by atoms with van der Waals surface area (Å²) < 4.78 is 0. The smallest absolute Gasteiger partial charge is 0.293 e. The van der Waals surface area contributed by atoms with Crippen LogP contribution < -0.4 is 4.90 Å². The molecule has 1 saturated heterocycles. The molecule has 2 aromatic carbocycles. The third-order valence-corrected chi connectivity index (χ3v) is 6.11. The average molecular weight is 474 g/mol. The van der Waals surface area contributed by atoms with Gasteiger partial charge in [0.05, 0.1) is 10.5 Å². The molecule has 35 heavy (non-hydrogen) atoms. The van der Waals surface area contributed by atoms with Gasteiger partial charge in [0.2, 0.25) is 0 Å². The van der Waals surface area contributed by atoms with Gasteiger partial charge >= 0.3 is 0 Å². The van der Waals surface area contributed by atoms with Crippen molar-refractivity contribution < 1.29 is 14.5 Å². The minimum Gasteiger partial charge on any atom is -0.372 e. The predicted molar refractivity (Wildman–Crippen MR) is 133 cm³/mol. The van der Waals surface area contributed by atoms with Gasteiger partial charge in [-0.05, 0) is 29.8 Å². The molecule has 0 saturated carbocycles. The van der Waals surface area contributed by atoms with E-state index < -0.39 is 10.7 Å². The Kier molecular flexibility index (Phi) is 7.17. The van der Waals surface area contributed by atoms with E-state index in [4.69, 9.17) is 0 Å². The second-order valence-electron chi connectivity index (χ2n) is 8.66. The van der Waals surface area contributed by atoms with E-state index in [1.165, 1.54) is 6.07 Å². The van der Waals surface area contributed by atoms with E-state index in [1.54, 1.807) is 66.5 Å². The van der Waals surface area contributed by atoms with Crippen molar-refractivity contribution in [3.8, 4) is 0 Å². The minimum absolute atomic E-state index is 0.158. The van der Waals surface area contributed by atoms with Crippen molar-refractivity contribution in [3.05, 3.63) is 99.4 Å². The van der Waals surface area contributed by atoms with Gasteiger partial charge in [0.15, 0.2) is 5.78 Å². The van der Waals surface area contributed by atoms with Crippen molar-refractivity contribution in [1.82, 2.24) is 14.8 Å². The third-order valence-electron chi connectivity index (χ3n) is 6.11. The molecule has 9 nitrogen and oxygen atoms in total. The number of hydrogen-bond acceptors (Lipinski definition) is 7. The van der Waals surface area contributed by atoms with E-state index in [-0.39, 0.29) is 22.7 Å². The number of hydrogen-bond donors (Lipinski definition) is 0. The number of nitro benzene ring substituents is 1. The van der Waals surface area contributed by atoms with E-state index in [0.29, 0.717) is 24.3 Å². The van der Waals surface area contributed by atoms with Crippen molar-refractivity contribution in [1.29, 1.82) is 0 Å². The van der Waals surface area contributed by atoms with Gasteiger partial charge < -0.3 is 9.80 Å². The fraction of sp³-hybridized carbons (Fsp3) is 0.269. The number of rotatable bonds is 7. The number of nitrogens with zero attached hydrogens (tertiary/aromatic N) is 5. The summed E-state index contributed by atoms with van der Waals surface area (Å²) in [4.78, 5) is 47.6. The van der Waals surface area contributed by atoms with Crippen molar-refractivity contribution in [3.63, 3.8) is 0 Å². The van der Waals surface area contributed by atoms with Crippen LogP contribution in [0, 0.1) is 10.1 Å². The molecule has 0 unspecified atom stereocenters. The van der Waals surface area contributed by atoms with Crippen LogP contribution in [0.5, 0.6) is 0 Å². The number of amides is 1. The highest BCUT2D eigenvalue weighted by Crippen LogP contribution is 2.29. The van der Waals surface area contributed by atoms with Gasteiger partial charge in [-0.25, -0.2) is 0 Å². The zero-order valence-corrected chi connectivity index (χ0v) is 19.8. The number of pyridine rings is 1. The molecular formula is C26H27N5O4. The van der Waals surface area contributed by atoms with E-state index >= 15 is 0 Å². The first-order chi connectivity index (χ1) is 16.8. The second-order valence-corrected chi connectivity index (χ2v) is 8.66. The summed E-state index contributed by atoms with van der Waals surface area (Å²) in [6, 6.07) is 15.0. The lowest BCUT2D eigenvalue weighted by Crippen LogP contribution is -2.48. The van der Waals surface area contributed by atoms with Crippen molar-refractivity contribution in [2.24, 2.45) is 0 Å². The van der Waals surface area contributed by atoms with Crippen LogP contribution in [0.15, 0.2) is 67.0 Å². The topological polar surface area (TPSA) is 99.9 Å². The summed E-state index contributed by atoms with van der Waals surface area (Å²) in [6.45, 7) is 3.30. The summed E-state index contributed by atoms with van der Waals surface area (Å²) in [7, 11) is 3.41. The first kappa shape index (κ1) is 24.0. The van der Waals surface area contributed by atoms with Crippen LogP contribution in [0.4, 0.5) is 11.4 Å². The van der Waals surface area contributed by atoms with Crippen LogP contribution in [0.3, 0.4) is 0 Å². The second kappa shape index (κ2) is 10.4. The van der Waals surface area contributed by atoms with Crippen molar-refractivity contribution in [2.75, 3.05) is 45.2 Å². The number of benzene rings is 2. The molecule has 0 radical (unpaired) electrons. The molecule has 9 heteroatoms. The Labute approximate surface area is 203 Å². The summed E-state index contributed by atoms with van der Waals surface area (Å²) in [5, 5.41) is 11.6. The van der Waals surface area contributed by atoms with Crippen LogP contribution in [0.1, 0.15) is 31.8 Å². The maximum Gasteiger partial charge on any atom is 0.293 e. The molecule has 0 bridgehead atoms. The van der Waals surface area contributed by atoms with Gasteiger partial charge in [0.1, 0.15) is 5.69 Å². The van der Waals surface area contributed by atoms with Crippen molar-refractivity contribution >= 4 is 23.1 Å². The van der Waals surface area contributed by atoms with E-state index in [9.17, 15) is 19.7 Å². The Morgan fingerprint density at radius 2 is 1.71 bits per heavy atom. The van der Waals surface area contributed by atoms with Crippen molar-refractivity contribution in [2.45, 2.75) is 6.54 Å². The number of piperazine rings is 1. The highest BCUT2D eigenvalue weighted by atomic mass is 16.6. The highest BCUT2D eigenvalue weighted by Gasteiger charge is 2.27. The standard InChI is InChI=1S/C26H27N5O4/c1-28(2)23-10-9-20(16-24(23)31(34)35)25(32)21-7-3-4-8-22(21)26(33)30-14-12-29(13-15-30)18-19-6-5-11-27-17-19/h3-11,16-17H,12-15,18H2,1-2H3. The lowest BCUT2D eigenvalue weighted by atomic mass is 9.96. The number of carbonyl (C=O) groups excluding carboxylic acids is 2. The molecule has 3 aromatic rings. The Balaban J connectivity index is 1.51. The minimum atomic E-state index is -0.506. The SMILES string of the molecule is CN(C)c1ccc(C(=O)c2ccccc2C(=O)N2CCN(Cc3cccnc3)CC2)cc1[N+](=O)[O-]. The number of anilines is 1. The number of aromatic nitrogens is 1. The predicted octanol–water partition coefficient (Wildman–Crippen LogP) is 3.24. The number of carbonyl (C=O) groups is 2. The summed E-state index contributed by atoms with van der Waals surface area (Å²) >= 11 is 0. The summed E-state index contributed by atoms with van der Waals surface area (Å²) in [5.74, 6) is -0.632. The first-order valence-electron chi connectivity index (χ1n) is 11.3. The summed E-state index contributed by atoms with van der Waals surface area (Å²) in [5.41, 5.74) is 2.08. The van der Waals surface area contributed by atoms with E-state index in [0.717, 1.165) is 25.2 Å². The third kappa shape index (κ3) is 5.36. The Hall–Kier alpha value is -4.11. The zero-order chi connectivity index (χ0) is 24.9. The van der Waals surface area contributed by atoms with Crippen LogP contribution in [0.2, 0.25) is 0 Å². The normalized spacial score (nSPS) is 13.9. The lowest BCUT2D eigenvalue weighted by Gasteiger charge is -2.35. The fourth-order valence-corrected chi connectivity index (χ4v) is 4.24. The lowest BCUT2D eigenvalue weighted by molar-refractivity contribution is -0.384. The molecule has 2 heterocycles. The monoisotopic (exact) mass is 473 g/mol. The molecule has 0 atom stereocenters. The van der Waals surface area contributed by atoms with Gasteiger partial charge in [-0.1, -0.05) is 24.3 Å². The molecule has 4 rings (SSSR count). The molecular weight excluding hydrogens is 446 g/mol. The van der Waals surface area contributed by atoms with E-state index in [2.05, 4.69) is 9.88 Å². The maximum atomic E-state index is 13.4. The molecule has 1 fully saturated rings. The van der Waals surface area contributed by atoms with Crippen LogP contribution in [-0.4, -0.2) is 71.7 Å². The molecule has 0 aliphatic carbocycles. The molecule has 0 spiro atoms. The molecule has 0 N–H and O–H groups in total. The molecule has 1 amide bonds. The molecule has 1 aliphatic heterocycles. The van der Waals surface area contributed by atoms with Gasteiger partial charge in [0.25, 0.3) is 11.6 Å². The van der Waals surface area contributed by atoms with Gasteiger partial charge in [-0.15, -0.1) is 0 Å². The largest absolute Gasteiger partial charge is 0.372 e. The Bertz CT molecular complexity index is 1240. The van der Waals surface area contributed by atoms with Crippen LogP contribution in [-0.2, 0) is 6.54 Å². The van der Waals surface area contributed by atoms with Crippen LogP contribution >= 0.6 is 0 Å². The van der Waals surface area contributed by atoms with Crippen LogP contribution in [0.25, 0.3) is 0 Å². The first-order valence-corrected chi connectivity index (χ1v) is 11.3. The summed E-state index contributed by atoms with van der Waals surface area (Å²) in [6.07, 6.45) is 3.59. The van der Waals surface area contributed by atoms with E-state index in [1.807, 2.05) is 18.3 Å². The molecule has 1 aliphatic rings. The van der Waals surface area contributed by atoms with Gasteiger partial charge in [-0.2, -0.15) is 0 Å². The quantitative estimate of drug-likeness (QED) is 0.295. The highest BCUT2D eigenvalue weighted by molar-refractivity contribution is 6.15. The Morgan fingerprint density at radius 3 is 2.34 bits per heavy atom. The van der Waals surface area contributed by atoms with Gasteiger partial charge in [-0.3, -0.25) is 29.6 Å². The number of nitro groups is 1. The molecule has 180 valence electrons. The van der Waals surface area contributed by atoms with Gasteiger partial charge in [0, 0.05) is 76.4 Å². The maximum absolute atomic E-state index is 13.4. The Morgan fingerprint density at radius 1 is 1.00 bits per heavy atom.